The van der Waals surface area contributed by atoms with Crippen molar-refractivity contribution in [3.05, 3.63) is 76.9 Å². The molecule has 0 aliphatic carbocycles. The minimum absolute atomic E-state index is 0.188. The molecule has 3 N–H and O–H groups in total. The van der Waals surface area contributed by atoms with Crippen LogP contribution in [0.25, 0.3) is 11.3 Å². The fourth-order valence-corrected chi connectivity index (χ4v) is 7.37. The number of anilines is 5. The third-order valence-corrected chi connectivity index (χ3v) is 10.6. The molecule has 3 aromatic heterocycles. The number of hydrogen-bond donors (Lipinski definition) is 3. The molecule has 2 amide bonds. The lowest BCUT2D eigenvalue weighted by Gasteiger charge is -2.43. The second-order valence-corrected chi connectivity index (χ2v) is 14.5. The SMILES string of the molecule is C=CC(=O)N1CCN(c2ncc(-c3ccc(OC)c(Nc4ncc(C(=O)Nc5c(C)cccc5Cl)s4)n3)cc2N2CCC(C)(O)CC2)CC1CC#N. The Labute approximate surface area is 311 Å². The quantitative estimate of drug-likeness (QED) is 0.163. The summed E-state index contributed by atoms with van der Waals surface area (Å²) in [5.41, 5.74) is 2.90. The number of para-hydroxylation sites is 1. The van der Waals surface area contributed by atoms with Crippen molar-refractivity contribution in [2.75, 3.05) is 60.3 Å². The maximum Gasteiger partial charge on any atom is 0.267 e. The highest BCUT2D eigenvalue weighted by Crippen LogP contribution is 2.38. The zero-order chi connectivity index (χ0) is 37.0. The largest absolute Gasteiger partial charge is 0.493 e. The van der Waals surface area contributed by atoms with Crippen LogP contribution in [-0.2, 0) is 4.79 Å². The van der Waals surface area contributed by atoms with Gasteiger partial charge in [0.05, 0.1) is 59.5 Å². The smallest absolute Gasteiger partial charge is 0.267 e. The number of thiazole rings is 1. The Morgan fingerprint density at radius 2 is 1.96 bits per heavy atom. The van der Waals surface area contributed by atoms with Crippen LogP contribution < -0.4 is 25.2 Å². The second kappa shape index (κ2) is 15.6. The van der Waals surface area contributed by atoms with E-state index < -0.39 is 5.60 Å². The Morgan fingerprint density at radius 3 is 2.67 bits per heavy atom. The fraction of sp³-hybridized carbons (Fsp3) is 0.351. The average Bonchev–Trinajstić information content (AvgIpc) is 3.61. The first-order chi connectivity index (χ1) is 25.0. The Hall–Kier alpha value is -5.23. The van der Waals surface area contributed by atoms with Crippen LogP contribution in [0.3, 0.4) is 0 Å². The lowest BCUT2D eigenvalue weighted by molar-refractivity contribution is -0.128. The third-order valence-electron chi connectivity index (χ3n) is 9.38. The van der Waals surface area contributed by atoms with E-state index in [9.17, 15) is 20.0 Å². The number of halogens is 1. The highest BCUT2D eigenvalue weighted by molar-refractivity contribution is 7.17. The number of aryl methyl sites for hydroxylation is 1. The highest BCUT2D eigenvalue weighted by atomic mass is 35.5. The number of nitriles is 1. The molecular formula is C37H40ClN9O4S. The van der Waals surface area contributed by atoms with E-state index in [4.69, 9.17) is 26.3 Å². The molecule has 15 heteroatoms. The number of nitrogens with zero attached hydrogens (tertiary/aromatic N) is 7. The van der Waals surface area contributed by atoms with Crippen molar-refractivity contribution >= 4 is 62.9 Å². The molecule has 0 radical (unpaired) electrons. The lowest BCUT2D eigenvalue weighted by Crippen LogP contribution is -2.55. The number of piperidine rings is 1. The number of aromatic nitrogens is 3. The van der Waals surface area contributed by atoms with Gasteiger partial charge in [-0.3, -0.25) is 9.59 Å². The number of benzene rings is 1. The number of ether oxygens (including phenoxy) is 1. The fourth-order valence-electron chi connectivity index (χ4n) is 6.39. The van der Waals surface area contributed by atoms with Gasteiger partial charge >= 0.3 is 0 Å². The summed E-state index contributed by atoms with van der Waals surface area (Å²) in [5.74, 6) is 1.11. The third kappa shape index (κ3) is 7.97. The molecule has 2 aliphatic rings. The number of carbonyl (C=O) groups excluding carboxylic acids is 2. The summed E-state index contributed by atoms with van der Waals surface area (Å²) in [4.78, 5) is 46.3. The van der Waals surface area contributed by atoms with Crippen molar-refractivity contribution in [2.24, 2.45) is 0 Å². The molecule has 2 fully saturated rings. The zero-order valence-electron chi connectivity index (χ0n) is 29.2. The lowest BCUT2D eigenvalue weighted by atomic mass is 9.93. The molecule has 4 aromatic rings. The maximum atomic E-state index is 13.1. The van der Waals surface area contributed by atoms with Gasteiger partial charge in [0.1, 0.15) is 4.88 Å². The number of hydrogen-bond acceptors (Lipinski definition) is 12. The van der Waals surface area contributed by atoms with Gasteiger partial charge in [0.25, 0.3) is 5.91 Å². The average molecular weight is 742 g/mol. The molecule has 1 atom stereocenters. The van der Waals surface area contributed by atoms with Gasteiger partial charge in [-0.2, -0.15) is 5.26 Å². The standard InChI is InChI=1S/C37H40ClN9O4S/c1-5-31(48)47-18-17-46(22-25(47)11-14-39)34-28(45-15-12-37(3,50)13-16-45)19-24(20-40-34)27-9-10-29(51-4)33(42-27)44-36-41-21-30(52-36)35(49)43-32-23(2)7-6-8-26(32)38/h5-10,19-21,25,50H,1,11-13,15-18,22H2,2-4H3,(H,43,49)(H,41,42,44). The number of aliphatic hydroxyl groups is 1. The van der Waals surface area contributed by atoms with Crippen LogP contribution in [-0.4, -0.2) is 88.2 Å². The van der Waals surface area contributed by atoms with Crippen molar-refractivity contribution in [1.29, 1.82) is 5.26 Å². The number of carbonyl (C=O) groups is 2. The number of piperazine rings is 1. The summed E-state index contributed by atoms with van der Waals surface area (Å²) in [6.45, 7) is 10.0. The van der Waals surface area contributed by atoms with Gasteiger partial charge in [-0.1, -0.05) is 41.6 Å². The number of methoxy groups -OCH3 is 1. The summed E-state index contributed by atoms with van der Waals surface area (Å²) < 4.78 is 5.62. The van der Waals surface area contributed by atoms with Crippen LogP contribution in [0.1, 0.15) is 41.4 Å². The van der Waals surface area contributed by atoms with Crippen LogP contribution in [0.5, 0.6) is 5.75 Å². The molecule has 13 nitrogen and oxygen atoms in total. The van der Waals surface area contributed by atoms with E-state index >= 15 is 0 Å². The Balaban J connectivity index is 1.28. The predicted molar refractivity (Wildman–Crippen MR) is 204 cm³/mol. The molecule has 2 aliphatic heterocycles. The van der Waals surface area contributed by atoms with Crippen LogP contribution in [0, 0.1) is 18.3 Å². The van der Waals surface area contributed by atoms with E-state index in [-0.39, 0.29) is 24.3 Å². The molecule has 0 bridgehead atoms. The molecule has 6 rings (SSSR count). The predicted octanol–water partition coefficient (Wildman–Crippen LogP) is 6.03. The summed E-state index contributed by atoms with van der Waals surface area (Å²) in [7, 11) is 1.55. The van der Waals surface area contributed by atoms with Gasteiger partial charge in [0.15, 0.2) is 22.5 Å². The Kier molecular flexibility index (Phi) is 10.9. The van der Waals surface area contributed by atoms with Crippen molar-refractivity contribution in [3.63, 3.8) is 0 Å². The summed E-state index contributed by atoms with van der Waals surface area (Å²) in [5, 5.41) is 27.2. The first kappa shape index (κ1) is 36.6. The molecular weight excluding hydrogens is 702 g/mol. The maximum absolute atomic E-state index is 13.1. The van der Waals surface area contributed by atoms with Gasteiger partial charge in [-0.15, -0.1) is 0 Å². The number of rotatable bonds is 10. The number of nitrogens with one attached hydrogen (secondary N) is 2. The van der Waals surface area contributed by atoms with Crippen LogP contribution in [0.2, 0.25) is 5.02 Å². The van der Waals surface area contributed by atoms with Gasteiger partial charge in [-0.05, 0) is 62.6 Å². The molecule has 0 saturated carbocycles. The summed E-state index contributed by atoms with van der Waals surface area (Å²) >= 11 is 7.48. The summed E-state index contributed by atoms with van der Waals surface area (Å²) in [6.07, 6.45) is 5.92. The number of amides is 2. The van der Waals surface area contributed by atoms with Crippen molar-refractivity contribution in [3.8, 4) is 23.1 Å². The zero-order valence-corrected chi connectivity index (χ0v) is 30.8. The van der Waals surface area contributed by atoms with Crippen LogP contribution in [0.15, 0.2) is 61.4 Å². The van der Waals surface area contributed by atoms with Gasteiger partial charge < -0.3 is 35.2 Å². The second-order valence-electron chi connectivity index (χ2n) is 13.0. The van der Waals surface area contributed by atoms with Crippen LogP contribution >= 0.6 is 22.9 Å². The molecule has 5 heterocycles. The topological polar surface area (TPSA) is 160 Å². The number of pyridine rings is 2. The molecule has 2 saturated heterocycles. The minimum atomic E-state index is -0.752. The molecule has 270 valence electrons. The van der Waals surface area contributed by atoms with Gasteiger partial charge in [-0.25, -0.2) is 15.0 Å². The minimum Gasteiger partial charge on any atom is -0.493 e. The van der Waals surface area contributed by atoms with Crippen molar-refractivity contribution in [2.45, 2.75) is 44.8 Å². The van der Waals surface area contributed by atoms with Crippen LogP contribution in [0.4, 0.5) is 28.1 Å². The molecule has 0 spiro atoms. The molecule has 1 aromatic carbocycles. The normalized spacial score (nSPS) is 16.9. The summed E-state index contributed by atoms with van der Waals surface area (Å²) in [6, 6.07) is 13.0. The Bertz CT molecular complexity index is 2000. The monoisotopic (exact) mass is 741 g/mol. The van der Waals surface area contributed by atoms with Crippen molar-refractivity contribution in [1.82, 2.24) is 19.9 Å². The van der Waals surface area contributed by atoms with E-state index in [1.165, 1.54) is 23.6 Å². The first-order valence-electron chi connectivity index (χ1n) is 16.9. The first-order valence-corrected chi connectivity index (χ1v) is 18.1. The molecule has 52 heavy (non-hydrogen) atoms. The van der Waals surface area contributed by atoms with Gasteiger partial charge in [0.2, 0.25) is 5.91 Å². The Morgan fingerprint density at radius 1 is 1.17 bits per heavy atom. The highest BCUT2D eigenvalue weighted by Gasteiger charge is 2.34. The van der Waals surface area contributed by atoms with E-state index in [2.05, 4.69) is 38.1 Å². The van der Waals surface area contributed by atoms with E-state index in [1.54, 1.807) is 30.3 Å². The van der Waals surface area contributed by atoms with Crippen molar-refractivity contribution < 1.29 is 19.4 Å². The van der Waals surface area contributed by atoms with E-state index in [0.29, 0.717) is 83.5 Å². The van der Waals surface area contributed by atoms with E-state index in [0.717, 1.165) is 22.6 Å². The molecule has 1 unspecified atom stereocenters. The van der Waals surface area contributed by atoms with Gasteiger partial charge in [0, 0.05) is 44.5 Å². The van der Waals surface area contributed by atoms with E-state index in [1.807, 2.05) is 38.1 Å².